The molecule has 0 aliphatic heterocycles. The van der Waals surface area contributed by atoms with Gasteiger partial charge in [0.2, 0.25) is 0 Å². The Morgan fingerprint density at radius 3 is 1.44 bits per heavy atom. The summed E-state index contributed by atoms with van der Waals surface area (Å²) in [5.74, 6) is 0. The molecule has 0 unspecified atom stereocenters. The normalized spacial score (nSPS) is 8.00. The standard InChI is InChI=1S/C3H5.Na.H3O4P/c1-3-2;;1-5(2,3)4/h1H2,2H3;;(H3,1,2,3,4)/q-1;+1;. The first-order valence-electron chi connectivity index (χ1n) is 1.64. The van der Waals surface area contributed by atoms with Crippen molar-refractivity contribution < 1.29 is 48.8 Å². The van der Waals surface area contributed by atoms with E-state index < -0.39 is 7.82 Å². The summed E-state index contributed by atoms with van der Waals surface area (Å²) >= 11 is 0. The number of phosphoric acid groups is 1. The van der Waals surface area contributed by atoms with Gasteiger partial charge in [-0.2, -0.15) is 6.92 Å². The molecule has 3 N–H and O–H groups in total. The van der Waals surface area contributed by atoms with Crippen LogP contribution in [-0.2, 0) is 4.57 Å². The average Bonchev–Trinajstić information content (AvgIpc) is 1.27. The fourth-order valence-electron chi connectivity index (χ4n) is 0. The summed E-state index contributed by atoms with van der Waals surface area (Å²) < 4.78 is 8.88. The second-order valence-corrected chi connectivity index (χ2v) is 1.89. The smallest absolute Gasteiger partial charge is 0.507 e. The largest absolute Gasteiger partial charge is 1.00 e. The van der Waals surface area contributed by atoms with Crippen LogP contribution >= 0.6 is 7.82 Å². The minimum atomic E-state index is -4.64. The Hall–Kier alpha value is 0.850. The Bertz CT molecular complexity index is 89.7. The monoisotopic (exact) mass is 162 g/mol. The van der Waals surface area contributed by atoms with Crippen LogP contribution in [-0.4, -0.2) is 14.7 Å². The molecule has 0 aliphatic carbocycles. The molecule has 0 spiro atoms. The van der Waals surface area contributed by atoms with Gasteiger partial charge in [-0.1, -0.05) is 0 Å². The Balaban J connectivity index is -0.0000000800. The Morgan fingerprint density at radius 2 is 1.44 bits per heavy atom. The van der Waals surface area contributed by atoms with Crippen molar-refractivity contribution in [1.29, 1.82) is 0 Å². The number of hydrogen-bond acceptors (Lipinski definition) is 1. The van der Waals surface area contributed by atoms with Crippen molar-refractivity contribution in [2.75, 3.05) is 0 Å². The minimum Gasteiger partial charge on any atom is -0.507 e. The molecule has 0 radical (unpaired) electrons. The first kappa shape index (κ1) is 16.4. The van der Waals surface area contributed by atoms with E-state index in [-0.39, 0.29) is 29.6 Å². The zero-order chi connectivity index (χ0) is 7.21. The summed E-state index contributed by atoms with van der Waals surface area (Å²) in [4.78, 5) is 21.6. The van der Waals surface area contributed by atoms with Gasteiger partial charge in [0.05, 0.1) is 0 Å². The van der Waals surface area contributed by atoms with Crippen LogP contribution in [0.15, 0.2) is 6.58 Å². The molecular formula is C3H8NaO4P. The van der Waals surface area contributed by atoms with Crippen molar-refractivity contribution >= 4 is 7.82 Å². The predicted octanol–water partition coefficient (Wildman–Crippen LogP) is -2.93. The van der Waals surface area contributed by atoms with Crippen LogP contribution in [0.5, 0.6) is 0 Å². The van der Waals surface area contributed by atoms with Crippen LogP contribution in [0.3, 0.4) is 0 Å². The van der Waals surface area contributed by atoms with Crippen molar-refractivity contribution in [3.05, 3.63) is 12.7 Å². The van der Waals surface area contributed by atoms with Crippen LogP contribution in [0.1, 0.15) is 6.92 Å². The van der Waals surface area contributed by atoms with Gasteiger partial charge in [-0.05, 0) is 0 Å². The maximum Gasteiger partial charge on any atom is 1.00 e. The van der Waals surface area contributed by atoms with Gasteiger partial charge in [0, 0.05) is 0 Å². The van der Waals surface area contributed by atoms with E-state index in [1.807, 2.05) is 0 Å². The van der Waals surface area contributed by atoms with E-state index in [9.17, 15) is 0 Å². The van der Waals surface area contributed by atoms with Crippen LogP contribution < -0.4 is 29.6 Å². The summed E-state index contributed by atoms with van der Waals surface area (Å²) in [7, 11) is -4.64. The number of allylic oxidation sites excluding steroid dienone is 1. The van der Waals surface area contributed by atoms with Gasteiger partial charge in [0.25, 0.3) is 0 Å². The third-order valence-corrected chi connectivity index (χ3v) is 0. The molecule has 0 bridgehead atoms. The molecule has 0 aliphatic rings. The van der Waals surface area contributed by atoms with Gasteiger partial charge in [-0.3, -0.25) is 6.58 Å². The zero-order valence-corrected chi connectivity index (χ0v) is 8.30. The third kappa shape index (κ3) is 575. The van der Waals surface area contributed by atoms with Gasteiger partial charge in [0.1, 0.15) is 0 Å². The molecule has 0 aromatic rings. The predicted molar refractivity (Wildman–Crippen MR) is 28.8 cm³/mol. The zero-order valence-electron chi connectivity index (χ0n) is 5.40. The fraction of sp³-hybridized carbons (Fsp3) is 0.333. The summed E-state index contributed by atoms with van der Waals surface area (Å²) in [6.45, 7) is 5.00. The molecule has 6 heteroatoms. The van der Waals surface area contributed by atoms with Crippen molar-refractivity contribution in [3.63, 3.8) is 0 Å². The van der Waals surface area contributed by atoms with Crippen molar-refractivity contribution in [2.24, 2.45) is 0 Å². The molecule has 9 heavy (non-hydrogen) atoms. The molecule has 0 saturated heterocycles. The summed E-state index contributed by atoms with van der Waals surface area (Å²) in [5, 5.41) is 0. The van der Waals surface area contributed by atoms with E-state index in [0.29, 0.717) is 0 Å². The van der Waals surface area contributed by atoms with Crippen molar-refractivity contribution in [1.82, 2.24) is 0 Å². The van der Waals surface area contributed by atoms with E-state index >= 15 is 0 Å². The van der Waals surface area contributed by atoms with Gasteiger partial charge in [-0.15, -0.1) is 0 Å². The summed E-state index contributed by atoms with van der Waals surface area (Å²) in [6, 6.07) is 0. The Morgan fingerprint density at radius 1 is 1.44 bits per heavy atom. The Kier molecular flexibility index (Phi) is 16.2. The summed E-state index contributed by atoms with van der Waals surface area (Å²) in [5.41, 5.74) is 0. The molecule has 0 atom stereocenters. The SMILES string of the molecule is C=[C-]C.O=P(O)(O)O.[Na+]. The topological polar surface area (TPSA) is 77.8 Å². The molecule has 0 rings (SSSR count). The van der Waals surface area contributed by atoms with Gasteiger partial charge in [-0.25, -0.2) is 4.57 Å². The van der Waals surface area contributed by atoms with Crippen molar-refractivity contribution in [3.8, 4) is 0 Å². The average molecular weight is 162 g/mol. The molecule has 0 saturated carbocycles. The fourth-order valence-corrected chi connectivity index (χ4v) is 0. The van der Waals surface area contributed by atoms with Crippen LogP contribution in [0.4, 0.5) is 0 Å². The van der Waals surface area contributed by atoms with E-state index in [1.165, 1.54) is 0 Å². The summed E-state index contributed by atoms with van der Waals surface area (Å²) in [6.07, 6.45) is 2.50. The second kappa shape index (κ2) is 8.85. The molecule has 0 aromatic heterocycles. The Labute approximate surface area is 76.1 Å². The quantitative estimate of drug-likeness (QED) is 0.202. The maximum absolute atomic E-state index is 8.88. The maximum atomic E-state index is 8.88. The van der Waals surface area contributed by atoms with E-state index in [0.717, 1.165) is 0 Å². The molecule has 50 valence electrons. The van der Waals surface area contributed by atoms with E-state index in [4.69, 9.17) is 19.2 Å². The van der Waals surface area contributed by atoms with Crippen molar-refractivity contribution in [2.45, 2.75) is 6.92 Å². The minimum absolute atomic E-state index is 0. The van der Waals surface area contributed by atoms with Crippen LogP contribution in [0.2, 0.25) is 0 Å². The number of rotatable bonds is 0. The van der Waals surface area contributed by atoms with E-state index in [1.54, 1.807) is 6.92 Å². The molecule has 4 nitrogen and oxygen atoms in total. The molecule has 0 amide bonds. The molecule has 0 fully saturated rings. The first-order chi connectivity index (χ1) is 3.41. The molecule has 0 aromatic carbocycles. The van der Waals surface area contributed by atoms with Gasteiger partial charge in [0.15, 0.2) is 0 Å². The van der Waals surface area contributed by atoms with E-state index in [2.05, 4.69) is 12.7 Å². The molecule has 0 heterocycles. The van der Waals surface area contributed by atoms with Crippen LogP contribution in [0.25, 0.3) is 0 Å². The van der Waals surface area contributed by atoms with Gasteiger partial charge >= 0.3 is 37.4 Å². The first-order valence-corrected chi connectivity index (χ1v) is 3.20. The second-order valence-electron chi connectivity index (χ2n) is 0.867. The molecular weight excluding hydrogens is 154 g/mol. The third-order valence-electron chi connectivity index (χ3n) is 0. The van der Waals surface area contributed by atoms with Crippen LogP contribution in [0, 0.1) is 6.08 Å². The number of hydrogen-bond donors (Lipinski definition) is 3. The van der Waals surface area contributed by atoms with Gasteiger partial charge < -0.3 is 20.8 Å².